The molecule has 0 saturated heterocycles. The number of benzene rings is 2. The smallest absolute Gasteiger partial charge is 0.0249 e. The first-order valence-electron chi connectivity index (χ1n) is 9.23. The van der Waals surface area contributed by atoms with Crippen LogP contribution in [0.4, 0.5) is 0 Å². The van der Waals surface area contributed by atoms with E-state index in [0.717, 1.165) is 27.4 Å². The molecule has 0 bridgehead atoms. The molecule has 2 aromatic carbocycles. The van der Waals surface area contributed by atoms with Gasteiger partial charge < -0.3 is 0 Å². The fraction of sp³-hybridized carbons (Fsp3) is 0.333. The van der Waals surface area contributed by atoms with Crippen LogP contribution in [0.3, 0.4) is 0 Å². The third-order valence-corrected chi connectivity index (χ3v) is 5.73. The zero-order valence-corrected chi connectivity index (χ0v) is 16.3. The summed E-state index contributed by atoms with van der Waals surface area (Å²) in [5.74, 6) is 8.14. The highest BCUT2D eigenvalue weighted by atomic mass is 79.9. The summed E-state index contributed by atoms with van der Waals surface area (Å²) < 4.78 is 1.08. The minimum absolute atomic E-state index is 0.730. The summed E-state index contributed by atoms with van der Waals surface area (Å²) in [5.41, 5.74) is 3.62. The molecule has 0 amide bonds. The molecular formula is C24H25Br. The molecule has 0 radical (unpaired) electrons. The summed E-state index contributed by atoms with van der Waals surface area (Å²) >= 11 is 3.45. The van der Waals surface area contributed by atoms with E-state index in [1.165, 1.54) is 44.1 Å². The Bertz CT molecular complexity index is 735. The molecule has 0 atom stereocenters. The average molecular weight is 393 g/mol. The molecule has 0 aliphatic heterocycles. The van der Waals surface area contributed by atoms with Crippen molar-refractivity contribution in [3.05, 3.63) is 82.3 Å². The van der Waals surface area contributed by atoms with Crippen LogP contribution in [0, 0.1) is 17.8 Å². The molecule has 2 aromatic rings. The maximum absolute atomic E-state index is 3.84. The van der Waals surface area contributed by atoms with E-state index in [0.29, 0.717) is 0 Å². The lowest BCUT2D eigenvalue weighted by Gasteiger charge is -2.28. The molecule has 0 heterocycles. The van der Waals surface area contributed by atoms with Gasteiger partial charge in [-0.3, -0.25) is 0 Å². The molecule has 1 aliphatic rings. The van der Waals surface area contributed by atoms with Crippen molar-refractivity contribution in [3.8, 4) is 11.8 Å². The molecule has 3 rings (SSSR count). The molecule has 128 valence electrons. The zero-order chi connectivity index (χ0) is 17.5. The predicted octanol–water partition coefficient (Wildman–Crippen LogP) is 7.09. The number of rotatable bonds is 4. The van der Waals surface area contributed by atoms with Crippen LogP contribution in [0.15, 0.2) is 65.7 Å². The molecule has 1 aliphatic carbocycles. The van der Waals surface area contributed by atoms with E-state index in [1.54, 1.807) is 0 Å². The van der Waals surface area contributed by atoms with Gasteiger partial charge in [-0.2, -0.15) is 0 Å². The Kier molecular flexibility index (Phi) is 6.54. The minimum Gasteiger partial charge on any atom is -0.103 e. The lowest BCUT2D eigenvalue weighted by atomic mass is 9.77. The van der Waals surface area contributed by atoms with E-state index in [9.17, 15) is 0 Å². The Balaban J connectivity index is 1.58. The first kappa shape index (κ1) is 18.0. The number of hydrogen-bond acceptors (Lipinski definition) is 0. The number of hydrogen-bond donors (Lipinski definition) is 0. The lowest BCUT2D eigenvalue weighted by molar-refractivity contribution is 0.312. The molecular weight excluding hydrogens is 368 g/mol. The van der Waals surface area contributed by atoms with Crippen LogP contribution < -0.4 is 0 Å². The van der Waals surface area contributed by atoms with Crippen LogP contribution in [0.2, 0.25) is 0 Å². The predicted molar refractivity (Wildman–Crippen MR) is 111 cm³/mol. The maximum Gasteiger partial charge on any atom is 0.0249 e. The lowest BCUT2D eigenvalue weighted by Crippen LogP contribution is -2.13. The van der Waals surface area contributed by atoms with Crippen LogP contribution in [-0.2, 0) is 0 Å². The van der Waals surface area contributed by atoms with Crippen LogP contribution in [-0.4, -0.2) is 0 Å². The van der Waals surface area contributed by atoms with Gasteiger partial charge in [-0.15, -0.1) is 6.58 Å². The highest BCUT2D eigenvalue weighted by Gasteiger charge is 2.21. The molecule has 0 unspecified atom stereocenters. The van der Waals surface area contributed by atoms with E-state index < -0.39 is 0 Å². The van der Waals surface area contributed by atoms with E-state index >= 15 is 0 Å². The van der Waals surface area contributed by atoms with Gasteiger partial charge in [-0.05, 0) is 92.3 Å². The Hall–Kier alpha value is -1.78. The van der Waals surface area contributed by atoms with Crippen LogP contribution in [0.1, 0.15) is 61.1 Å². The largest absolute Gasteiger partial charge is 0.103 e. The Morgan fingerprint density at radius 1 is 0.880 bits per heavy atom. The molecule has 0 spiro atoms. The van der Waals surface area contributed by atoms with Crippen LogP contribution in [0.5, 0.6) is 0 Å². The van der Waals surface area contributed by atoms with Crippen molar-refractivity contribution in [1.29, 1.82) is 0 Å². The molecule has 1 heteroatoms. The van der Waals surface area contributed by atoms with E-state index in [1.807, 2.05) is 24.3 Å². The second kappa shape index (κ2) is 9.07. The third-order valence-electron chi connectivity index (χ3n) is 5.20. The standard InChI is InChI=1S/C24H25Br/c1-2-3-4-19-7-13-22(14-8-19)23-15-9-20(10-16-23)5-6-21-11-17-24(25)18-12-21/h2,9-12,15-19,22H,1,3-4,7-8,13-14H2/t19-,22-. The van der Waals surface area contributed by atoms with Crippen molar-refractivity contribution in [1.82, 2.24) is 0 Å². The fourth-order valence-corrected chi connectivity index (χ4v) is 3.92. The SMILES string of the molecule is C=CCC[C@H]1CC[C@H](c2ccc(C#Cc3ccc(Br)cc3)cc2)CC1. The van der Waals surface area contributed by atoms with Gasteiger partial charge >= 0.3 is 0 Å². The molecule has 0 N–H and O–H groups in total. The normalized spacial score (nSPS) is 19.7. The fourth-order valence-electron chi connectivity index (χ4n) is 3.65. The molecule has 1 saturated carbocycles. The van der Waals surface area contributed by atoms with Gasteiger partial charge in [0.1, 0.15) is 0 Å². The summed E-state index contributed by atoms with van der Waals surface area (Å²) in [6.07, 6.45) is 9.92. The molecule has 25 heavy (non-hydrogen) atoms. The second-order valence-electron chi connectivity index (χ2n) is 6.96. The molecule has 0 nitrogen and oxygen atoms in total. The van der Waals surface area contributed by atoms with Gasteiger partial charge in [0, 0.05) is 15.6 Å². The summed E-state index contributed by atoms with van der Waals surface area (Å²) in [4.78, 5) is 0. The quantitative estimate of drug-likeness (QED) is 0.384. The average Bonchev–Trinajstić information content (AvgIpc) is 2.67. The monoisotopic (exact) mass is 392 g/mol. The second-order valence-corrected chi connectivity index (χ2v) is 7.88. The van der Waals surface area contributed by atoms with Crippen molar-refractivity contribution >= 4 is 15.9 Å². The van der Waals surface area contributed by atoms with E-state index in [4.69, 9.17) is 0 Å². The van der Waals surface area contributed by atoms with Crippen molar-refractivity contribution in [2.45, 2.75) is 44.4 Å². The maximum atomic E-state index is 3.84. The van der Waals surface area contributed by atoms with Gasteiger partial charge in [0.2, 0.25) is 0 Å². The van der Waals surface area contributed by atoms with Crippen molar-refractivity contribution in [3.63, 3.8) is 0 Å². The van der Waals surface area contributed by atoms with Crippen molar-refractivity contribution < 1.29 is 0 Å². The number of allylic oxidation sites excluding steroid dienone is 1. The Morgan fingerprint density at radius 3 is 2.00 bits per heavy atom. The van der Waals surface area contributed by atoms with Gasteiger partial charge in [-0.25, -0.2) is 0 Å². The Labute approximate surface area is 160 Å². The first-order chi connectivity index (χ1) is 12.2. The van der Waals surface area contributed by atoms with Gasteiger partial charge in [0.05, 0.1) is 0 Å². The highest BCUT2D eigenvalue weighted by molar-refractivity contribution is 9.10. The molecule has 1 fully saturated rings. The molecule has 0 aromatic heterocycles. The number of halogens is 1. The highest BCUT2D eigenvalue weighted by Crippen LogP contribution is 2.37. The van der Waals surface area contributed by atoms with Crippen LogP contribution >= 0.6 is 15.9 Å². The Morgan fingerprint density at radius 2 is 1.44 bits per heavy atom. The van der Waals surface area contributed by atoms with E-state index in [2.05, 4.69) is 64.7 Å². The summed E-state index contributed by atoms with van der Waals surface area (Å²) in [6.45, 7) is 3.84. The van der Waals surface area contributed by atoms with Crippen LogP contribution in [0.25, 0.3) is 0 Å². The third kappa shape index (κ3) is 5.35. The van der Waals surface area contributed by atoms with Gasteiger partial charge in [0.25, 0.3) is 0 Å². The summed E-state index contributed by atoms with van der Waals surface area (Å²) in [7, 11) is 0. The minimum atomic E-state index is 0.730. The first-order valence-corrected chi connectivity index (χ1v) is 10.0. The van der Waals surface area contributed by atoms with Crippen molar-refractivity contribution in [2.24, 2.45) is 5.92 Å². The summed E-state index contributed by atoms with van der Waals surface area (Å²) in [6, 6.07) is 17.0. The zero-order valence-electron chi connectivity index (χ0n) is 14.7. The summed E-state index contributed by atoms with van der Waals surface area (Å²) in [5, 5.41) is 0. The van der Waals surface area contributed by atoms with Gasteiger partial charge in [0.15, 0.2) is 0 Å². The van der Waals surface area contributed by atoms with E-state index in [-0.39, 0.29) is 0 Å². The van der Waals surface area contributed by atoms with Crippen molar-refractivity contribution in [2.75, 3.05) is 0 Å². The van der Waals surface area contributed by atoms with Gasteiger partial charge in [-0.1, -0.05) is 46.0 Å². The topological polar surface area (TPSA) is 0 Å².